The first-order valence-electron chi connectivity index (χ1n) is 7.31. The predicted molar refractivity (Wildman–Crippen MR) is 91.5 cm³/mol. The van der Waals surface area contributed by atoms with Crippen LogP contribution in [0.2, 0.25) is 5.02 Å². The number of carbonyl (C=O) groups excluding carboxylic acids is 1. The smallest absolute Gasteiger partial charge is 0.227 e. The lowest BCUT2D eigenvalue weighted by molar-refractivity contribution is -0.116. The molecule has 0 aliphatic carbocycles. The number of anilines is 1. The molecule has 0 spiro atoms. The SMILES string of the molecule is O=C(C[C@@H](c1ccccc1)n1cccc1)Nc1ccc(Cl)cn1. The van der Waals surface area contributed by atoms with Gasteiger partial charge >= 0.3 is 0 Å². The number of rotatable bonds is 5. The maximum Gasteiger partial charge on any atom is 0.227 e. The van der Waals surface area contributed by atoms with Gasteiger partial charge in [-0.15, -0.1) is 0 Å². The largest absolute Gasteiger partial charge is 0.346 e. The van der Waals surface area contributed by atoms with E-state index in [0.29, 0.717) is 17.3 Å². The molecule has 0 saturated carbocycles. The van der Waals surface area contributed by atoms with Crippen LogP contribution < -0.4 is 5.32 Å². The molecule has 0 aliphatic heterocycles. The van der Waals surface area contributed by atoms with Crippen molar-refractivity contribution >= 4 is 23.3 Å². The number of amides is 1. The van der Waals surface area contributed by atoms with Gasteiger partial charge in [0.25, 0.3) is 0 Å². The molecule has 0 aliphatic rings. The second kappa shape index (κ2) is 7.11. The summed E-state index contributed by atoms with van der Waals surface area (Å²) >= 11 is 5.80. The van der Waals surface area contributed by atoms with E-state index in [2.05, 4.69) is 10.3 Å². The minimum Gasteiger partial charge on any atom is -0.346 e. The third kappa shape index (κ3) is 3.99. The van der Waals surface area contributed by atoms with Gasteiger partial charge in [0.15, 0.2) is 0 Å². The van der Waals surface area contributed by atoms with E-state index >= 15 is 0 Å². The van der Waals surface area contributed by atoms with Crippen LogP contribution in [-0.4, -0.2) is 15.5 Å². The van der Waals surface area contributed by atoms with Crippen LogP contribution in [-0.2, 0) is 4.79 Å². The monoisotopic (exact) mass is 325 g/mol. The zero-order chi connectivity index (χ0) is 16.1. The van der Waals surface area contributed by atoms with Gasteiger partial charge in [0.1, 0.15) is 5.82 Å². The Labute approximate surface area is 139 Å². The normalized spacial score (nSPS) is 11.9. The van der Waals surface area contributed by atoms with E-state index in [4.69, 9.17) is 11.6 Å². The summed E-state index contributed by atoms with van der Waals surface area (Å²) in [5, 5.41) is 3.35. The van der Waals surface area contributed by atoms with E-state index in [0.717, 1.165) is 5.56 Å². The Hall–Kier alpha value is -2.59. The average molecular weight is 326 g/mol. The maximum absolute atomic E-state index is 12.4. The van der Waals surface area contributed by atoms with Crippen molar-refractivity contribution in [1.29, 1.82) is 0 Å². The highest BCUT2D eigenvalue weighted by Gasteiger charge is 2.17. The van der Waals surface area contributed by atoms with Crippen molar-refractivity contribution in [3.63, 3.8) is 0 Å². The maximum atomic E-state index is 12.4. The summed E-state index contributed by atoms with van der Waals surface area (Å²) in [7, 11) is 0. The van der Waals surface area contributed by atoms with Crippen LogP contribution in [0.5, 0.6) is 0 Å². The zero-order valence-electron chi connectivity index (χ0n) is 12.4. The first kappa shape index (κ1) is 15.3. The summed E-state index contributed by atoms with van der Waals surface area (Å²) in [6.07, 6.45) is 5.76. The second-order valence-electron chi connectivity index (χ2n) is 5.17. The number of pyridine rings is 1. The molecule has 0 radical (unpaired) electrons. The molecule has 1 amide bonds. The number of hydrogen-bond donors (Lipinski definition) is 1. The summed E-state index contributed by atoms with van der Waals surface area (Å²) in [6, 6.07) is 17.2. The molecular formula is C18H16ClN3O. The van der Waals surface area contributed by atoms with Crippen molar-refractivity contribution in [2.45, 2.75) is 12.5 Å². The molecule has 0 saturated heterocycles. The van der Waals surface area contributed by atoms with Crippen LogP contribution >= 0.6 is 11.6 Å². The fraction of sp³-hybridized carbons (Fsp3) is 0.111. The highest BCUT2D eigenvalue weighted by atomic mass is 35.5. The molecule has 1 atom stereocenters. The standard InChI is InChI=1S/C18H16ClN3O/c19-15-8-9-17(20-13-15)21-18(23)12-16(22-10-4-5-11-22)14-6-2-1-3-7-14/h1-11,13,16H,12H2,(H,20,21,23)/t16-/m0/s1. The van der Waals surface area contributed by atoms with Crippen molar-refractivity contribution in [3.05, 3.63) is 83.8 Å². The van der Waals surface area contributed by atoms with Gasteiger partial charge in [-0.3, -0.25) is 4.79 Å². The number of aromatic nitrogens is 2. The zero-order valence-corrected chi connectivity index (χ0v) is 13.1. The minimum atomic E-state index is -0.0950. The average Bonchev–Trinajstić information content (AvgIpc) is 3.10. The summed E-state index contributed by atoms with van der Waals surface area (Å²) in [5.41, 5.74) is 1.09. The number of nitrogens with one attached hydrogen (secondary N) is 1. The molecule has 0 bridgehead atoms. The van der Waals surface area contributed by atoms with Gasteiger partial charge in [0.05, 0.1) is 17.5 Å². The van der Waals surface area contributed by atoms with Crippen molar-refractivity contribution in [3.8, 4) is 0 Å². The van der Waals surface area contributed by atoms with Gasteiger partial charge in [-0.25, -0.2) is 4.98 Å². The van der Waals surface area contributed by atoms with Gasteiger partial charge in [0, 0.05) is 18.6 Å². The molecule has 3 aromatic rings. The first-order chi connectivity index (χ1) is 11.2. The summed E-state index contributed by atoms with van der Waals surface area (Å²) in [5.74, 6) is 0.404. The van der Waals surface area contributed by atoms with Crippen molar-refractivity contribution in [2.75, 3.05) is 5.32 Å². The van der Waals surface area contributed by atoms with E-state index < -0.39 is 0 Å². The lowest BCUT2D eigenvalue weighted by Gasteiger charge is -2.19. The quantitative estimate of drug-likeness (QED) is 0.765. The molecular weight excluding hydrogens is 310 g/mol. The fourth-order valence-electron chi connectivity index (χ4n) is 2.45. The topological polar surface area (TPSA) is 46.9 Å². The lowest BCUT2D eigenvalue weighted by atomic mass is 10.0. The van der Waals surface area contributed by atoms with Crippen LogP contribution in [0.3, 0.4) is 0 Å². The van der Waals surface area contributed by atoms with E-state index in [-0.39, 0.29) is 11.9 Å². The number of benzene rings is 1. The van der Waals surface area contributed by atoms with E-state index in [1.807, 2.05) is 59.4 Å². The van der Waals surface area contributed by atoms with Crippen molar-refractivity contribution < 1.29 is 4.79 Å². The molecule has 1 N–H and O–H groups in total. The predicted octanol–water partition coefficient (Wildman–Crippen LogP) is 4.15. The highest BCUT2D eigenvalue weighted by Crippen LogP contribution is 2.22. The van der Waals surface area contributed by atoms with Crippen LogP contribution in [0.4, 0.5) is 5.82 Å². The Balaban J connectivity index is 1.76. The van der Waals surface area contributed by atoms with E-state index in [1.54, 1.807) is 12.1 Å². The molecule has 0 fully saturated rings. The number of carbonyl (C=O) groups is 1. The van der Waals surface area contributed by atoms with Crippen LogP contribution in [0.25, 0.3) is 0 Å². The molecule has 4 nitrogen and oxygen atoms in total. The van der Waals surface area contributed by atoms with Gasteiger partial charge in [0.2, 0.25) is 5.91 Å². The molecule has 3 rings (SSSR count). The van der Waals surface area contributed by atoms with Gasteiger partial charge in [-0.2, -0.15) is 0 Å². The Kier molecular flexibility index (Phi) is 4.74. The third-order valence-electron chi connectivity index (χ3n) is 3.55. The van der Waals surface area contributed by atoms with Crippen LogP contribution in [0.1, 0.15) is 18.0 Å². The van der Waals surface area contributed by atoms with Gasteiger partial charge < -0.3 is 9.88 Å². The number of halogens is 1. The van der Waals surface area contributed by atoms with Crippen molar-refractivity contribution in [1.82, 2.24) is 9.55 Å². The van der Waals surface area contributed by atoms with E-state index in [1.165, 1.54) is 6.20 Å². The van der Waals surface area contributed by atoms with E-state index in [9.17, 15) is 4.79 Å². The number of hydrogen-bond acceptors (Lipinski definition) is 2. The van der Waals surface area contributed by atoms with Crippen LogP contribution in [0, 0.1) is 0 Å². The molecule has 5 heteroatoms. The molecule has 116 valence electrons. The molecule has 1 aromatic carbocycles. The first-order valence-corrected chi connectivity index (χ1v) is 7.69. The summed E-state index contributed by atoms with van der Waals surface area (Å²) in [4.78, 5) is 16.5. The number of nitrogens with zero attached hydrogens (tertiary/aromatic N) is 2. The van der Waals surface area contributed by atoms with Gasteiger partial charge in [-0.05, 0) is 29.8 Å². The second-order valence-corrected chi connectivity index (χ2v) is 5.61. The fourth-order valence-corrected chi connectivity index (χ4v) is 2.56. The summed E-state index contributed by atoms with van der Waals surface area (Å²) < 4.78 is 2.03. The van der Waals surface area contributed by atoms with Crippen LogP contribution in [0.15, 0.2) is 73.2 Å². The van der Waals surface area contributed by atoms with Crippen molar-refractivity contribution in [2.24, 2.45) is 0 Å². The minimum absolute atomic E-state index is 0.0569. The molecule has 2 heterocycles. The Morgan fingerprint density at radius 2 is 1.83 bits per heavy atom. The highest BCUT2D eigenvalue weighted by molar-refractivity contribution is 6.30. The molecule has 0 unspecified atom stereocenters. The summed E-state index contributed by atoms with van der Waals surface area (Å²) in [6.45, 7) is 0. The Bertz CT molecular complexity index is 755. The Morgan fingerprint density at radius 3 is 2.48 bits per heavy atom. The third-order valence-corrected chi connectivity index (χ3v) is 3.77. The van der Waals surface area contributed by atoms with Gasteiger partial charge in [-0.1, -0.05) is 41.9 Å². The molecule has 23 heavy (non-hydrogen) atoms. The molecule has 2 aromatic heterocycles. The lowest BCUT2D eigenvalue weighted by Crippen LogP contribution is -2.20. The Morgan fingerprint density at radius 1 is 1.09 bits per heavy atom.